The molecule has 1 saturated heterocycles. The summed E-state index contributed by atoms with van der Waals surface area (Å²) in [5.74, 6) is 0. The number of hydrogen-bond acceptors (Lipinski definition) is 3. The average molecular weight is 361 g/mol. The third kappa shape index (κ3) is 4.83. The Hall–Kier alpha value is -2.46. The molecule has 0 unspecified atom stereocenters. The molecule has 2 aromatic heterocycles. The summed E-state index contributed by atoms with van der Waals surface area (Å²) in [6, 6.07) is 17.5. The van der Waals surface area contributed by atoms with Gasteiger partial charge in [0, 0.05) is 37.2 Å². The Bertz CT molecular complexity index is 813. The van der Waals surface area contributed by atoms with Gasteiger partial charge >= 0.3 is 0 Å². The van der Waals surface area contributed by atoms with Crippen LogP contribution in [0.25, 0.3) is 0 Å². The van der Waals surface area contributed by atoms with Crippen molar-refractivity contribution in [2.45, 2.75) is 51.2 Å². The van der Waals surface area contributed by atoms with Gasteiger partial charge in [-0.15, -0.1) is 0 Å². The molecule has 4 nitrogen and oxygen atoms in total. The van der Waals surface area contributed by atoms with E-state index < -0.39 is 0 Å². The number of rotatable bonds is 7. The molecule has 1 aromatic carbocycles. The second-order valence-corrected chi connectivity index (χ2v) is 7.48. The number of imidazole rings is 1. The molecule has 0 bridgehead atoms. The molecule has 0 saturated carbocycles. The summed E-state index contributed by atoms with van der Waals surface area (Å²) in [4.78, 5) is 11.6. The first kappa shape index (κ1) is 17.9. The predicted molar refractivity (Wildman–Crippen MR) is 108 cm³/mol. The van der Waals surface area contributed by atoms with Gasteiger partial charge in [-0.05, 0) is 49.9 Å². The topological polar surface area (TPSA) is 34.0 Å². The molecule has 0 spiro atoms. The van der Waals surface area contributed by atoms with Crippen molar-refractivity contribution in [3.63, 3.8) is 0 Å². The minimum Gasteiger partial charge on any atom is -0.329 e. The highest BCUT2D eigenvalue weighted by molar-refractivity contribution is 5.16. The highest BCUT2D eigenvalue weighted by Gasteiger charge is 2.23. The van der Waals surface area contributed by atoms with Gasteiger partial charge in [-0.2, -0.15) is 0 Å². The van der Waals surface area contributed by atoms with E-state index in [2.05, 4.69) is 61.9 Å². The third-order valence-corrected chi connectivity index (χ3v) is 5.57. The van der Waals surface area contributed by atoms with Crippen molar-refractivity contribution in [1.82, 2.24) is 19.4 Å². The quantitative estimate of drug-likeness (QED) is 0.629. The first-order valence-electron chi connectivity index (χ1n) is 10.1. The van der Waals surface area contributed by atoms with E-state index in [0.29, 0.717) is 6.04 Å². The Morgan fingerprint density at radius 1 is 0.963 bits per heavy atom. The molecule has 1 aliphatic heterocycles. The van der Waals surface area contributed by atoms with Crippen LogP contribution in [0, 0.1) is 0 Å². The maximum Gasteiger partial charge on any atom is 0.0951 e. The SMILES string of the molecule is c1ccc(Cn2cncc2CN2CCCC[C@@H]2CCc2ccccn2)cc1. The van der Waals surface area contributed by atoms with Crippen LogP contribution in [0.1, 0.15) is 42.6 Å². The first-order valence-corrected chi connectivity index (χ1v) is 10.1. The molecule has 140 valence electrons. The number of aryl methyl sites for hydroxylation is 1. The van der Waals surface area contributed by atoms with Crippen molar-refractivity contribution in [3.8, 4) is 0 Å². The van der Waals surface area contributed by atoms with E-state index >= 15 is 0 Å². The van der Waals surface area contributed by atoms with Gasteiger partial charge in [0.25, 0.3) is 0 Å². The van der Waals surface area contributed by atoms with Gasteiger partial charge < -0.3 is 4.57 Å². The molecule has 0 aliphatic carbocycles. The second kappa shape index (κ2) is 8.96. The van der Waals surface area contributed by atoms with Crippen LogP contribution in [0.5, 0.6) is 0 Å². The van der Waals surface area contributed by atoms with Crippen molar-refractivity contribution in [3.05, 3.63) is 84.2 Å². The molecular weight excluding hydrogens is 332 g/mol. The van der Waals surface area contributed by atoms with Crippen LogP contribution in [0.4, 0.5) is 0 Å². The van der Waals surface area contributed by atoms with E-state index in [4.69, 9.17) is 0 Å². The summed E-state index contributed by atoms with van der Waals surface area (Å²) >= 11 is 0. The summed E-state index contributed by atoms with van der Waals surface area (Å²) < 4.78 is 2.29. The molecule has 1 atom stereocenters. The zero-order chi connectivity index (χ0) is 18.3. The van der Waals surface area contributed by atoms with E-state index in [-0.39, 0.29) is 0 Å². The monoisotopic (exact) mass is 360 g/mol. The van der Waals surface area contributed by atoms with Gasteiger partial charge in [0.2, 0.25) is 0 Å². The minimum absolute atomic E-state index is 0.640. The maximum atomic E-state index is 4.49. The Balaban J connectivity index is 1.40. The Morgan fingerprint density at radius 2 is 1.85 bits per heavy atom. The summed E-state index contributed by atoms with van der Waals surface area (Å²) in [7, 11) is 0. The molecule has 4 heteroatoms. The highest BCUT2D eigenvalue weighted by atomic mass is 15.2. The van der Waals surface area contributed by atoms with Gasteiger partial charge in [0.15, 0.2) is 0 Å². The molecule has 1 aliphatic rings. The van der Waals surface area contributed by atoms with Crippen molar-refractivity contribution in [2.75, 3.05) is 6.54 Å². The zero-order valence-corrected chi connectivity index (χ0v) is 15.9. The number of likely N-dealkylation sites (tertiary alicyclic amines) is 1. The molecule has 1 fully saturated rings. The van der Waals surface area contributed by atoms with Crippen LogP contribution in [0.15, 0.2) is 67.3 Å². The average Bonchev–Trinajstić information content (AvgIpc) is 3.15. The number of benzene rings is 1. The molecule has 0 N–H and O–H groups in total. The Kier molecular flexibility index (Phi) is 5.95. The van der Waals surface area contributed by atoms with Crippen molar-refractivity contribution in [2.24, 2.45) is 0 Å². The summed E-state index contributed by atoms with van der Waals surface area (Å²) in [5, 5.41) is 0. The van der Waals surface area contributed by atoms with Crippen LogP contribution in [0.2, 0.25) is 0 Å². The van der Waals surface area contributed by atoms with Crippen LogP contribution < -0.4 is 0 Å². The number of pyridine rings is 1. The highest BCUT2D eigenvalue weighted by Crippen LogP contribution is 2.23. The molecule has 3 heterocycles. The first-order chi connectivity index (χ1) is 13.4. The Labute approximate surface area is 161 Å². The summed E-state index contributed by atoms with van der Waals surface area (Å²) in [6.45, 7) is 3.06. The van der Waals surface area contributed by atoms with Crippen LogP contribution >= 0.6 is 0 Å². The van der Waals surface area contributed by atoms with Gasteiger partial charge in [-0.3, -0.25) is 9.88 Å². The van der Waals surface area contributed by atoms with Gasteiger partial charge in [0.1, 0.15) is 0 Å². The fourth-order valence-corrected chi connectivity index (χ4v) is 4.07. The van der Waals surface area contributed by atoms with E-state index in [1.54, 1.807) is 0 Å². The van der Waals surface area contributed by atoms with E-state index in [9.17, 15) is 0 Å². The van der Waals surface area contributed by atoms with Gasteiger partial charge in [-0.25, -0.2) is 4.98 Å². The lowest BCUT2D eigenvalue weighted by Crippen LogP contribution is -2.39. The third-order valence-electron chi connectivity index (χ3n) is 5.57. The van der Waals surface area contributed by atoms with Crippen LogP contribution in [0.3, 0.4) is 0 Å². The van der Waals surface area contributed by atoms with Crippen molar-refractivity contribution >= 4 is 0 Å². The predicted octanol–water partition coefficient (Wildman–Crippen LogP) is 4.31. The van der Waals surface area contributed by atoms with Crippen LogP contribution in [-0.4, -0.2) is 32.0 Å². The lowest BCUT2D eigenvalue weighted by Gasteiger charge is -2.36. The number of aromatic nitrogens is 3. The van der Waals surface area contributed by atoms with Gasteiger partial charge in [0.05, 0.1) is 12.0 Å². The molecule has 3 aromatic rings. The lowest BCUT2D eigenvalue weighted by atomic mass is 9.97. The van der Waals surface area contributed by atoms with Crippen LogP contribution in [-0.2, 0) is 19.5 Å². The molecule has 4 rings (SSSR count). The smallest absolute Gasteiger partial charge is 0.0951 e. The number of nitrogens with zero attached hydrogens (tertiary/aromatic N) is 4. The zero-order valence-electron chi connectivity index (χ0n) is 15.9. The normalized spacial score (nSPS) is 17.9. The maximum absolute atomic E-state index is 4.49. The number of piperidine rings is 1. The minimum atomic E-state index is 0.640. The van der Waals surface area contributed by atoms with Crippen molar-refractivity contribution < 1.29 is 0 Å². The van der Waals surface area contributed by atoms with Gasteiger partial charge in [-0.1, -0.05) is 42.8 Å². The van der Waals surface area contributed by atoms with E-state index in [0.717, 1.165) is 19.5 Å². The molecule has 0 radical (unpaired) electrons. The van der Waals surface area contributed by atoms with Crippen molar-refractivity contribution in [1.29, 1.82) is 0 Å². The molecule has 0 amide bonds. The standard InChI is InChI=1S/C23H28N4/c1-2-8-20(9-3-1)17-27-19-24-16-23(27)18-26-15-7-5-11-22(26)13-12-21-10-4-6-14-25-21/h1-4,6,8-10,14,16,19,22H,5,7,11-13,15,17-18H2/t22-/m1/s1. The fraction of sp³-hybridized carbons (Fsp3) is 0.391. The second-order valence-electron chi connectivity index (χ2n) is 7.48. The van der Waals surface area contributed by atoms with E-state index in [1.807, 2.05) is 24.8 Å². The summed E-state index contributed by atoms with van der Waals surface area (Å²) in [5.41, 5.74) is 3.84. The molecule has 27 heavy (non-hydrogen) atoms. The summed E-state index contributed by atoms with van der Waals surface area (Å²) in [6.07, 6.45) is 12.1. The largest absolute Gasteiger partial charge is 0.329 e. The fourth-order valence-electron chi connectivity index (χ4n) is 4.07. The Morgan fingerprint density at radius 3 is 2.70 bits per heavy atom. The molecular formula is C23H28N4. The number of hydrogen-bond donors (Lipinski definition) is 0. The lowest BCUT2D eigenvalue weighted by molar-refractivity contribution is 0.129. The van der Waals surface area contributed by atoms with E-state index in [1.165, 1.54) is 49.2 Å².